The highest BCUT2D eigenvalue weighted by molar-refractivity contribution is 5.54. The Kier molecular flexibility index (Phi) is 3.17. The minimum atomic E-state index is 0.258. The molecule has 0 amide bonds. The van der Waals surface area contributed by atoms with Crippen molar-refractivity contribution in [2.24, 2.45) is 7.05 Å². The van der Waals surface area contributed by atoms with Gasteiger partial charge in [-0.3, -0.25) is 4.68 Å². The maximum Gasteiger partial charge on any atom is 0.227 e. The Morgan fingerprint density at radius 1 is 1.50 bits per heavy atom. The van der Waals surface area contributed by atoms with Crippen LogP contribution in [0.1, 0.15) is 12.5 Å². The van der Waals surface area contributed by atoms with Gasteiger partial charge in [0.25, 0.3) is 0 Å². The fourth-order valence-electron chi connectivity index (χ4n) is 2.14. The zero-order valence-electron chi connectivity index (χ0n) is 11.9. The number of ether oxygens (including phenoxy) is 1. The van der Waals surface area contributed by atoms with Crippen molar-refractivity contribution in [3.63, 3.8) is 0 Å². The number of hydrogen-bond donors (Lipinski definition) is 1. The first kappa shape index (κ1) is 12.7. The molecule has 7 heteroatoms. The molecular weight excluding hydrogens is 256 g/mol. The lowest BCUT2D eigenvalue weighted by atomic mass is 10.3. The molecule has 0 bridgehead atoms. The highest BCUT2D eigenvalue weighted by Gasteiger charge is 2.18. The van der Waals surface area contributed by atoms with Crippen molar-refractivity contribution in [3.8, 4) is 5.75 Å². The molecular formula is C13H18N6O. The Labute approximate surface area is 117 Å². The van der Waals surface area contributed by atoms with Crippen LogP contribution in [-0.2, 0) is 13.6 Å². The van der Waals surface area contributed by atoms with Crippen LogP contribution in [0.3, 0.4) is 0 Å². The summed E-state index contributed by atoms with van der Waals surface area (Å²) in [6.45, 7) is 3.41. The first-order valence-electron chi connectivity index (χ1n) is 6.57. The first-order chi connectivity index (χ1) is 9.61. The molecule has 106 valence electrons. The fraction of sp³-hybridized carbons (Fsp3) is 0.462. The van der Waals surface area contributed by atoms with E-state index in [4.69, 9.17) is 4.74 Å². The number of fused-ring (bicyclic) bond motifs is 1. The van der Waals surface area contributed by atoms with Gasteiger partial charge in [-0.2, -0.15) is 10.1 Å². The molecule has 1 aliphatic rings. The van der Waals surface area contributed by atoms with E-state index in [1.54, 1.807) is 10.9 Å². The zero-order valence-corrected chi connectivity index (χ0v) is 11.9. The van der Waals surface area contributed by atoms with Gasteiger partial charge in [0.15, 0.2) is 11.6 Å². The Balaban J connectivity index is 1.78. The van der Waals surface area contributed by atoms with Crippen LogP contribution >= 0.6 is 0 Å². The van der Waals surface area contributed by atoms with Gasteiger partial charge in [-0.25, -0.2) is 4.98 Å². The highest BCUT2D eigenvalue weighted by atomic mass is 16.5. The zero-order chi connectivity index (χ0) is 14.1. The van der Waals surface area contributed by atoms with Gasteiger partial charge in [0.05, 0.1) is 18.4 Å². The predicted octanol–water partition coefficient (Wildman–Crippen LogP) is 1.04. The summed E-state index contributed by atoms with van der Waals surface area (Å²) in [5.74, 6) is 2.13. The Morgan fingerprint density at radius 3 is 3.10 bits per heavy atom. The number of nitrogens with zero attached hydrogens (tertiary/aromatic N) is 5. The standard InChI is InChI=1S/C13H18N6O/c1-9-8-20-11-5-14-13(17-12(11)16-9)18(2)6-10-4-15-19(3)7-10/h4-5,7,9H,6,8H2,1-3H3,(H,14,16,17). The summed E-state index contributed by atoms with van der Waals surface area (Å²) in [6.07, 6.45) is 5.55. The minimum absolute atomic E-state index is 0.258. The van der Waals surface area contributed by atoms with E-state index in [1.165, 1.54) is 0 Å². The molecule has 3 heterocycles. The second-order valence-corrected chi connectivity index (χ2v) is 5.12. The molecule has 20 heavy (non-hydrogen) atoms. The summed E-state index contributed by atoms with van der Waals surface area (Å²) in [4.78, 5) is 10.8. The number of aryl methyl sites for hydroxylation is 1. The van der Waals surface area contributed by atoms with Crippen LogP contribution in [0.25, 0.3) is 0 Å². The van der Waals surface area contributed by atoms with Gasteiger partial charge in [0, 0.05) is 32.4 Å². The van der Waals surface area contributed by atoms with E-state index in [-0.39, 0.29) is 6.04 Å². The third kappa shape index (κ3) is 2.52. The number of anilines is 2. The number of nitrogens with one attached hydrogen (secondary N) is 1. The topological polar surface area (TPSA) is 68.1 Å². The average molecular weight is 274 g/mol. The van der Waals surface area contributed by atoms with Crippen LogP contribution in [0.15, 0.2) is 18.6 Å². The summed E-state index contributed by atoms with van der Waals surface area (Å²) in [7, 11) is 3.86. The van der Waals surface area contributed by atoms with Crippen molar-refractivity contribution in [2.45, 2.75) is 19.5 Å². The maximum absolute atomic E-state index is 5.57. The normalized spacial score (nSPS) is 17.1. The van der Waals surface area contributed by atoms with Gasteiger partial charge in [0.1, 0.15) is 6.61 Å². The fourth-order valence-corrected chi connectivity index (χ4v) is 2.14. The van der Waals surface area contributed by atoms with Gasteiger partial charge >= 0.3 is 0 Å². The molecule has 0 aromatic carbocycles. The molecule has 2 aromatic heterocycles. The van der Waals surface area contributed by atoms with Gasteiger partial charge in [0.2, 0.25) is 5.95 Å². The quantitative estimate of drug-likeness (QED) is 0.902. The third-order valence-electron chi connectivity index (χ3n) is 3.13. The van der Waals surface area contributed by atoms with Crippen molar-refractivity contribution in [2.75, 3.05) is 23.9 Å². The number of rotatable bonds is 3. The van der Waals surface area contributed by atoms with Gasteiger partial charge in [-0.05, 0) is 6.92 Å². The molecule has 1 atom stereocenters. The van der Waals surface area contributed by atoms with Crippen LogP contribution in [0.2, 0.25) is 0 Å². The van der Waals surface area contributed by atoms with Crippen molar-refractivity contribution in [1.29, 1.82) is 0 Å². The van der Waals surface area contributed by atoms with Crippen molar-refractivity contribution in [1.82, 2.24) is 19.7 Å². The monoisotopic (exact) mass is 274 g/mol. The van der Waals surface area contributed by atoms with Crippen molar-refractivity contribution in [3.05, 3.63) is 24.2 Å². The summed E-state index contributed by atoms with van der Waals surface area (Å²) in [6, 6.07) is 0.258. The number of aromatic nitrogens is 4. The van der Waals surface area contributed by atoms with Gasteiger partial charge in [-0.1, -0.05) is 0 Å². The predicted molar refractivity (Wildman–Crippen MR) is 75.9 cm³/mol. The molecule has 2 aromatic rings. The maximum atomic E-state index is 5.57. The molecule has 0 aliphatic carbocycles. The molecule has 1 unspecified atom stereocenters. The Hall–Kier alpha value is -2.31. The van der Waals surface area contributed by atoms with E-state index in [0.29, 0.717) is 24.8 Å². The van der Waals surface area contributed by atoms with E-state index >= 15 is 0 Å². The van der Waals surface area contributed by atoms with Gasteiger partial charge in [-0.15, -0.1) is 0 Å². The minimum Gasteiger partial charge on any atom is -0.486 e. The second-order valence-electron chi connectivity index (χ2n) is 5.12. The van der Waals surface area contributed by atoms with Crippen LogP contribution in [-0.4, -0.2) is 39.4 Å². The van der Waals surface area contributed by atoms with Crippen molar-refractivity contribution >= 4 is 11.8 Å². The SMILES string of the molecule is CC1COc2cnc(N(C)Cc3cnn(C)c3)nc2N1. The summed E-state index contributed by atoms with van der Waals surface area (Å²) in [5, 5.41) is 7.46. The molecule has 1 N–H and O–H groups in total. The molecule has 1 aliphatic heterocycles. The average Bonchev–Trinajstić information content (AvgIpc) is 2.83. The lowest BCUT2D eigenvalue weighted by Crippen LogP contribution is -2.30. The van der Waals surface area contributed by atoms with Crippen LogP contribution in [0.5, 0.6) is 5.75 Å². The smallest absolute Gasteiger partial charge is 0.227 e. The second kappa shape index (κ2) is 4.99. The Bertz CT molecular complexity index is 611. The van der Waals surface area contributed by atoms with E-state index in [9.17, 15) is 0 Å². The molecule has 0 spiro atoms. The molecule has 0 saturated heterocycles. The summed E-state index contributed by atoms with van der Waals surface area (Å²) in [5.41, 5.74) is 1.12. The molecule has 0 saturated carbocycles. The van der Waals surface area contributed by atoms with E-state index < -0.39 is 0 Å². The Morgan fingerprint density at radius 2 is 2.35 bits per heavy atom. The lowest BCUT2D eigenvalue weighted by molar-refractivity contribution is 0.288. The molecule has 3 rings (SSSR count). The van der Waals surface area contributed by atoms with E-state index in [2.05, 4.69) is 27.3 Å². The van der Waals surface area contributed by atoms with Crippen molar-refractivity contribution < 1.29 is 4.74 Å². The molecule has 0 fully saturated rings. The third-order valence-corrected chi connectivity index (χ3v) is 3.13. The highest BCUT2D eigenvalue weighted by Crippen LogP contribution is 2.27. The lowest BCUT2D eigenvalue weighted by Gasteiger charge is -2.25. The van der Waals surface area contributed by atoms with E-state index in [1.807, 2.05) is 31.4 Å². The molecule has 7 nitrogen and oxygen atoms in total. The summed E-state index contributed by atoms with van der Waals surface area (Å²) < 4.78 is 7.36. The van der Waals surface area contributed by atoms with E-state index in [0.717, 1.165) is 11.4 Å². The first-order valence-corrected chi connectivity index (χ1v) is 6.57. The largest absolute Gasteiger partial charge is 0.486 e. The summed E-state index contributed by atoms with van der Waals surface area (Å²) >= 11 is 0. The van der Waals surface area contributed by atoms with Crippen LogP contribution < -0.4 is 15.0 Å². The van der Waals surface area contributed by atoms with Crippen LogP contribution in [0.4, 0.5) is 11.8 Å². The van der Waals surface area contributed by atoms with Gasteiger partial charge < -0.3 is 15.0 Å². The van der Waals surface area contributed by atoms with Crippen LogP contribution in [0, 0.1) is 0 Å². The number of hydrogen-bond acceptors (Lipinski definition) is 6. The molecule has 0 radical (unpaired) electrons.